The minimum absolute atomic E-state index is 0.248. The van der Waals surface area contributed by atoms with Crippen LogP contribution in [-0.4, -0.2) is 74.7 Å². The quantitative estimate of drug-likeness (QED) is 0.725. The molecule has 0 saturated carbocycles. The molecule has 5 heteroatoms. The third-order valence-electron chi connectivity index (χ3n) is 3.45. The second-order valence-electron chi connectivity index (χ2n) is 4.72. The summed E-state index contributed by atoms with van der Waals surface area (Å²) in [6.45, 7) is 7.90. The Labute approximate surface area is 103 Å². The van der Waals surface area contributed by atoms with Crippen molar-refractivity contribution < 1.29 is 9.53 Å². The Hall–Kier alpha value is -0.650. The molecule has 0 unspecified atom stereocenters. The first-order valence-corrected chi connectivity index (χ1v) is 6.65. The van der Waals surface area contributed by atoms with Crippen molar-refractivity contribution in [3.8, 4) is 0 Å². The minimum atomic E-state index is 0.248. The lowest BCUT2D eigenvalue weighted by molar-refractivity contribution is -0.131. The molecule has 17 heavy (non-hydrogen) atoms. The molecule has 0 aliphatic carbocycles. The highest BCUT2D eigenvalue weighted by atomic mass is 16.5. The van der Waals surface area contributed by atoms with Crippen LogP contribution in [0.4, 0.5) is 0 Å². The fourth-order valence-corrected chi connectivity index (χ4v) is 2.31. The van der Waals surface area contributed by atoms with Gasteiger partial charge < -0.3 is 15.0 Å². The topological polar surface area (TPSA) is 44.8 Å². The van der Waals surface area contributed by atoms with Gasteiger partial charge in [0.25, 0.3) is 0 Å². The second kappa shape index (κ2) is 6.93. The van der Waals surface area contributed by atoms with Crippen LogP contribution in [0.2, 0.25) is 0 Å². The van der Waals surface area contributed by atoms with Crippen LogP contribution in [0.5, 0.6) is 0 Å². The molecule has 0 bridgehead atoms. The molecule has 2 saturated heterocycles. The number of amides is 1. The molecule has 0 aromatic rings. The average molecular weight is 241 g/mol. The van der Waals surface area contributed by atoms with E-state index in [9.17, 15) is 4.79 Å². The van der Waals surface area contributed by atoms with E-state index in [-0.39, 0.29) is 5.91 Å². The number of hydrogen-bond acceptors (Lipinski definition) is 4. The molecule has 2 rings (SSSR count). The highest BCUT2D eigenvalue weighted by Gasteiger charge is 2.17. The van der Waals surface area contributed by atoms with Crippen LogP contribution in [0.25, 0.3) is 0 Å². The van der Waals surface area contributed by atoms with Gasteiger partial charge in [0.2, 0.25) is 5.91 Å². The molecule has 5 nitrogen and oxygen atoms in total. The third-order valence-corrected chi connectivity index (χ3v) is 3.45. The van der Waals surface area contributed by atoms with Crippen LogP contribution in [-0.2, 0) is 9.53 Å². The number of carbonyl (C=O) groups excluding carboxylic acids is 1. The summed E-state index contributed by atoms with van der Waals surface area (Å²) in [6, 6.07) is 0. The molecule has 2 aliphatic heterocycles. The summed E-state index contributed by atoms with van der Waals surface area (Å²) >= 11 is 0. The van der Waals surface area contributed by atoms with Gasteiger partial charge in [0.15, 0.2) is 0 Å². The Morgan fingerprint density at radius 1 is 1.12 bits per heavy atom. The molecule has 0 aromatic carbocycles. The Kier molecular flexibility index (Phi) is 5.22. The standard InChI is InChI=1S/C12H23N3O2/c16-12-11-13-3-1-2-4-15(12)6-5-14-7-9-17-10-8-14/h13H,1-11H2. The van der Waals surface area contributed by atoms with Gasteiger partial charge in [0.05, 0.1) is 19.8 Å². The van der Waals surface area contributed by atoms with E-state index in [0.717, 1.165) is 58.9 Å². The van der Waals surface area contributed by atoms with Crippen LogP contribution in [0, 0.1) is 0 Å². The largest absolute Gasteiger partial charge is 0.379 e. The van der Waals surface area contributed by atoms with E-state index in [1.807, 2.05) is 4.90 Å². The van der Waals surface area contributed by atoms with E-state index < -0.39 is 0 Å². The van der Waals surface area contributed by atoms with Gasteiger partial charge in [0.1, 0.15) is 0 Å². The first-order chi connectivity index (χ1) is 8.36. The van der Waals surface area contributed by atoms with Gasteiger partial charge in [-0.3, -0.25) is 9.69 Å². The van der Waals surface area contributed by atoms with Gasteiger partial charge >= 0.3 is 0 Å². The third kappa shape index (κ3) is 4.26. The summed E-state index contributed by atoms with van der Waals surface area (Å²) in [7, 11) is 0. The molecule has 0 atom stereocenters. The molecule has 1 amide bonds. The van der Waals surface area contributed by atoms with E-state index in [1.54, 1.807) is 0 Å². The molecule has 2 fully saturated rings. The normalized spacial score (nSPS) is 24.5. The Balaban J connectivity index is 1.73. The van der Waals surface area contributed by atoms with Crippen LogP contribution < -0.4 is 5.32 Å². The molecule has 0 aromatic heterocycles. The van der Waals surface area contributed by atoms with Crippen molar-refractivity contribution in [2.45, 2.75) is 12.8 Å². The fourth-order valence-electron chi connectivity index (χ4n) is 2.31. The Morgan fingerprint density at radius 2 is 1.94 bits per heavy atom. The molecular weight excluding hydrogens is 218 g/mol. The molecule has 2 aliphatic rings. The summed E-state index contributed by atoms with van der Waals surface area (Å²) in [5.41, 5.74) is 0. The van der Waals surface area contributed by atoms with Crippen molar-refractivity contribution in [1.29, 1.82) is 0 Å². The minimum Gasteiger partial charge on any atom is -0.379 e. The van der Waals surface area contributed by atoms with E-state index in [4.69, 9.17) is 4.74 Å². The van der Waals surface area contributed by atoms with Crippen molar-refractivity contribution >= 4 is 5.91 Å². The first kappa shape index (κ1) is 12.8. The first-order valence-electron chi connectivity index (χ1n) is 6.65. The van der Waals surface area contributed by atoms with Crippen molar-refractivity contribution in [1.82, 2.24) is 15.1 Å². The van der Waals surface area contributed by atoms with Gasteiger partial charge in [0, 0.05) is 32.7 Å². The smallest absolute Gasteiger partial charge is 0.236 e. The molecule has 1 N–H and O–H groups in total. The van der Waals surface area contributed by atoms with Gasteiger partial charge in [-0.2, -0.15) is 0 Å². The number of rotatable bonds is 3. The van der Waals surface area contributed by atoms with Crippen molar-refractivity contribution in [3.05, 3.63) is 0 Å². The summed E-state index contributed by atoms with van der Waals surface area (Å²) < 4.78 is 5.32. The van der Waals surface area contributed by atoms with Crippen LogP contribution >= 0.6 is 0 Å². The van der Waals surface area contributed by atoms with Crippen molar-refractivity contribution in [2.75, 3.05) is 59.0 Å². The number of nitrogens with zero attached hydrogens (tertiary/aromatic N) is 2. The maximum absolute atomic E-state index is 11.9. The van der Waals surface area contributed by atoms with Gasteiger partial charge in [-0.15, -0.1) is 0 Å². The van der Waals surface area contributed by atoms with Crippen LogP contribution in [0.1, 0.15) is 12.8 Å². The van der Waals surface area contributed by atoms with Crippen molar-refractivity contribution in [2.24, 2.45) is 0 Å². The monoisotopic (exact) mass is 241 g/mol. The highest BCUT2D eigenvalue weighted by Crippen LogP contribution is 2.02. The number of carbonyl (C=O) groups is 1. The zero-order valence-corrected chi connectivity index (χ0v) is 10.5. The lowest BCUT2D eigenvalue weighted by Crippen LogP contribution is -2.46. The van der Waals surface area contributed by atoms with E-state index in [0.29, 0.717) is 6.54 Å². The zero-order valence-electron chi connectivity index (χ0n) is 10.5. The summed E-state index contributed by atoms with van der Waals surface area (Å²) in [4.78, 5) is 16.2. The molecule has 0 radical (unpaired) electrons. The summed E-state index contributed by atoms with van der Waals surface area (Å²) in [6.07, 6.45) is 2.28. The molecular formula is C12H23N3O2. The summed E-state index contributed by atoms with van der Waals surface area (Å²) in [5, 5.41) is 3.18. The SMILES string of the molecule is O=C1CNCCCCN1CCN1CCOCC1. The fraction of sp³-hybridized carbons (Fsp3) is 0.917. The molecule has 0 spiro atoms. The number of ether oxygens (including phenoxy) is 1. The summed E-state index contributed by atoms with van der Waals surface area (Å²) in [5.74, 6) is 0.248. The van der Waals surface area contributed by atoms with E-state index >= 15 is 0 Å². The predicted octanol–water partition coefficient (Wildman–Crippen LogP) is -0.469. The maximum Gasteiger partial charge on any atom is 0.236 e. The number of nitrogens with one attached hydrogen (secondary N) is 1. The van der Waals surface area contributed by atoms with Gasteiger partial charge in [-0.25, -0.2) is 0 Å². The number of morpholine rings is 1. The van der Waals surface area contributed by atoms with Crippen molar-refractivity contribution in [3.63, 3.8) is 0 Å². The maximum atomic E-state index is 11.9. The van der Waals surface area contributed by atoms with Gasteiger partial charge in [-0.05, 0) is 19.4 Å². The lowest BCUT2D eigenvalue weighted by atomic mass is 10.2. The number of hydrogen-bond donors (Lipinski definition) is 1. The van der Waals surface area contributed by atoms with Crippen LogP contribution in [0.15, 0.2) is 0 Å². The predicted molar refractivity (Wildman–Crippen MR) is 65.9 cm³/mol. The van der Waals surface area contributed by atoms with Gasteiger partial charge in [-0.1, -0.05) is 0 Å². The molecule has 2 heterocycles. The Morgan fingerprint density at radius 3 is 2.76 bits per heavy atom. The lowest BCUT2D eigenvalue weighted by Gasteiger charge is -2.31. The molecule has 98 valence electrons. The van der Waals surface area contributed by atoms with Crippen LogP contribution in [0.3, 0.4) is 0 Å². The average Bonchev–Trinajstić information content (AvgIpc) is 2.35. The second-order valence-corrected chi connectivity index (χ2v) is 4.72. The van der Waals surface area contributed by atoms with E-state index in [2.05, 4.69) is 10.2 Å². The Bertz CT molecular complexity index is 242. The highest BCUT2D eigenvalue weighted by molar-refractivity contribution is 5.78. The zero-order chi connectivity index (χ0) is 11.9. The van der Waals surface area contributed by atoms with E-state index in [1.165, 1.54) is 6.42 Å².